The molecule has 1 heterocycles. The van der Waals surface area contributed by atoms with Gasteiger partial charge >= 0.3 is 0 Å². The highest BCUT2D eigenvalue weighted by Gasteiger charge is 2.39. The molecule has 1 rings (SSSR count). The van der Waals surface area contributed by atoms with Gasteiger partial charge in [-0.1, -0.05) is 104 Å². The number of epoxide rings is 1. The van der Waals surface area contributed by atoms with Crippen molar-refractivity contribution in [3.63, 3.8) is 0 Å². The summed E-state index contributed by atoms with van der Waals surface area (Å²) in [6, 6.07) is 0. The first-order valence-corrected chi connectivity index (χ1v) is 13.1. The van der Waals surface area contributed by atoms with Crippen LogP contribution in [0.1, 0.15) is 110 Å². The molecule has 1 saturated heterocycles. The molecule has 0 saturated carbocycles. The van der Waals surface area contributed by atoms with E-state index < -0.39 is 5.41 Å². The Morgan fingerprint density at radius 2 is 1.10 bits per heavy atom. The van der Waals surface area contributed by atoms with E-state index in [9.17, 15) is 15.3 Å². The standard InChI is InChI=1S/C26H52O5/c1-23(2)16-14-12-10-8-6-4-3-5-7-9-11-13-15-17-25(31-19-24-18-30-24)26(20-27,21-28)22-29/h23-25,27-29H,3-22H2,1-2H3. The van der Waals surface area contributed by atoms with Crippen molar-refractivity contribution >= 4 is 0 Å². The molecule has 2 atom stereocenters. The monoisotopic (exact) mass is 444 g/mol. The first kappa shape index (κ1) is 28.8. The summed E-state index contributed by atoms with van der Waals surface area (Å²) < 4.78 is 11.1. The summed E-state index contributed by atoms with van der Waals surface area (Å²) in [7, 11) is 0. The molecule has 1 aliphatic rings. The molecular formula is C26H52O5. The highest BCUT2D eigenvalue weighted by Crippen LogP contribution is 2.29. The van der Waals surface area contributed by atoms with Crippen LogP contribution in [0.15, 0.2) is 0 Å². The SMILES string of the molecule is CC(C)CCCCCCCCCCCCCCCC(OCC1CO1)C(CO)(CO)CO. The predicted molar refractivity (Wildman–Crippen MR) is 127 cm³/mol. The van der Waals surface area contributed by atoms with Gasteiger partial charge < -0.3 is 24.8 Å². The second-order valence-electron chi connectivity index (χ2n) is 10.2. The van der Waals surface area contributed by atoms with E-state index in [1.807, 2.05) is 0 Å². The smallest absolute Gasteiger partial charge is 0.104 e. The van der Waals surface area contributed by atoms with Crippen LogP contribution >= 0.6 is 0 Å². The minimum Gasteiger partial charge on any atom is -0.396 e. The molecular weight excluding hydrogens is 392 g/mol. The average molecular weight is 445 g/mol. The summed E-state index contributed by atoms with van der Waals surface area (Å²) in [5.41, 5.74) is -0.969. The minimum atomic E-state index is -0.969. The van der Waals surface area contributed by atoms with Crippen molar-refractivity contribution in [3.05, 3.63) is 0 Å². The lowest BCUT2D eigenvalue weighted by atomic mass is 9.81. The van der Waals surface area contributed by atoms with Gasteiger partial charge in [-0.3, -0.25) is 0 Å². The van der Waals surface area contributed by atoms with Crippen LogP contribution in [0.25, 0.3) is 0 Å². The van der Waals surface area contributed by atoms with Crippen LogP contribution in [-0.2, 0) is 9.47 Å². The Morgan fingerprint density at radius 1 is 0.710 bits per heavy atom. The summed E-state index contributed by atoms with van der Waals surface area (Å²) in [4.78, 5) is 0. The van der Waals surface area contributed by atoms with Crippen molar-refractivity contribution in [1.82, 2.24) is 0 Å². The lowest BCUT2D eigenvalue weighted by molar-refractivity contribution is -0.119. The first-order chi connectivity index (χ1) is 15.1. The van der Waals surface area contributed by atoms with Gasteiger partial charge in [0.2, 0.25) is 0 Å². The van der Waals surface area contributed by atoms with E-state index in [0.29, 0.717) is 6.61 Å². The van der Waals surface area contributed by atoms with E-state index in [1.165, 1.54) is 77.0 Å². The summed E-state index contributed by atoms with van der Waals surface area (Å²) in [5.74, 6) is 0.854. The van der Waals surface area contributed by atoms with Crippen LogP contribution < -0.4 is 0 Å². The Kier molecular flexibility index (Phi) is 17.0. The molecule has 2 unspecified atom stereocenters. The number of aliphatic hydroxyl groups is 3. The van der Waals surface area contributed by atoms with Crippen LogP contribution in [0.2, 0.25) is 0 Å². The van der Waals surface area contributed by atoms with Gasteiger partial charge in [-0.25, -0.2) is 0 Å². The van der Waals surface area contributed by atoms with Crippen molar-refractivity contribution in [2.75, 3.05) is 33.0 Å². The lowest BCUT2D eigenvalue weighted by Gasteiger charge is -2.36. The Morgan fingerprint density at radius 3 is 1.45 bits per heavy atom. The average Bonchev–Trinajstić information content (AvgIpc) is 3.59. The molecule has 186 valence electrons. The van der Waals surface area contributed by atoms with Gasteiger partial charge in [-0.05, 0) is 12.3 Å². The van der Waals surface area contributed by atoms with E-state index in [-0.39, 0.29) is 32.0 Å². The van der Waals surface area contributed by atoms with Crippen LogP contribution in [0, 0.1) is 11.3 Å². The largest absolute Gasteiger partial charge is 0.396 e. The molecule has 0 aromatic heterocycles. The molecule has 0 spiro atoms. The molecule has 1 aliphatic heterocycles. The second-order valence-corrected chi connectivity index (χ2v) is 10.2. The topological polar surface area (TPSA) is 82.5 Å². The van der Waals surface area contributed by atoms with E-state index in [0.717, 1.165) is 31.8 Å². The fourth-order valence-electron chi connectivity index (χ4n) is 4.24. The molecule has 31 heavy (non-hydrogen) atoms. The highest BCUT2D eigenvalue weighted by molar-refractivity contribution is 4.87. The Hall–Kier alpha value is -0.200. The van der Waals surface area contributed by atoms with Gasteiger partial charge in [0.1, 0.15) is 6.10 Å². The third kappa shape index (κ3) is 13.8. The summed E-state index contributed by atoms with van der Waals surface area (Å²) in [5, 5.41) is 29.2. The molecule has 5 nitrogen and oxygen atoms in total. The van der Waals surface area contributed by atoms with Gasteiger partial charge in [-0.15, -0.1) is 0 Å². The zero-order chi connectivity index (χ0) is 22.8. The van der Waals surface area contributed by atoms with Crippen molar-refractivity contribution in [2.45, 2.75) is 122 Å². The molecule has 1 fully saturated rings. The highest BCUT2D eigenvalue weighted by atomic mass is 16.6. The number of rotatable bonds is 23. The first-order valence-electron chi connectivity index (χ1n) is 13.1. The van der Waals surface area contributed by atoms with Crippen molar-refractivity contribution in [3.8, 4) is 0 Å². The van der Waals surface area contributed by atoms with Crippen LogP contribution in [0.3, 0.4) is 0 Å². The fraction of sp³-hybridized carbons (Fsp3) is 1.00. The van der Waals surface area contributed by atoms with E-state index in [2.05, 4.69) is 13.8 Å². The van der Waals surface area contributed by atoms with E-state index in [1.54, 1.807) is 0 Å². The molecule has 0 radical (unpaired) electrons. The molecule has 5 heteroatoms. The molecule has 0 aliphatic carbocycles. The quantitative estimate of drug-likeness (QED) is 0.148. The molecule has 3 N–H and O–H groups in total. The van der Waals surface area contributed by atoms with Crippen molar-refractivity contribution in [1.29, 1.82) is 0 Å². The van der Waals surface area contributed by atoms with Crippen molar-refractivity contribution in [2.24, 2.45) is 11.3 Å². The lowest BCUT2D eigenvalue weighted by Crippen LogP contribution is -2.47. The normalized spacial score (nSPS) is 17.4. The zero-order valence-electron chi connectivity index (χ0n) is 20.5. The van der Waals surface area contributed by atoms with Crippen LogP contribution in [-0.4, -0.2) is 60.6 Å². The van der Waals surface area contributed by atoms with Gasteiger partial charge in [0.15, 0.2) is 0 Å². The van der Waals surface area contributed by atoms with E-state index in [4.69, 9.17) is 9.47 Å². The summed E-state index contributed by atoms with van der Waals surface area (Å²) >= 11 is 0. The van der Waals surface area contributed by atoms with Crippen LogP contribution in [0.5, 0.6) is 0 Å². The second kappa shape index (κ2) is 18.3. The third-order valence-corrected chi connectivity index (χ3v) is 6.76. The summed E-state index contributed by atoms with van der Waals surface area (Å²) in [6.07, 6.45) is 19.0. The number of ether oxygens (including phenoxy) is 2. The zero-order valence-corrected chi connectivity index (χ0v) is 20.5. The van der Waals surface area contributed by atoms with Gasteiger partial charge in [0.05, 0.1) is 44.6 Å². The predicted octanol–water partition coefficient (Wildman–Crippen LogP) is 5.24. The maximum atomic E-state index is 9.73. The van der Waals surface area contributed by atoms with Gasteiger partial charge in [-0.2, -0.15) is 0 Å². The van der Waals surface area contributed by atoms with Gasteiger partial charge in [0, 0.05) is 0 Å². The number of unbranched alkanes of at least 4 members (excludes halogenated alkanes) is 12. The Bertz CT molecular complexity index is 385. The third-order valence-electron chi connectivity index (χ3n) is 6.76. The maximum Gasteiger partial charge on any atom is 0.104 e. The number of hydrogen-bond donors (Lipinski definition) is 3. The maximum absolute atomic E-state index is 9.73. The Labute approximate surface area is 191 Å². The van der Waals surface area contributed by atoms with Crippen LogP contribution in [0.4, 0.5) is 0 Å². The Balaban J connectivity index is 1.99. The molecule has 0 aromatic carbocycles. The number of aliphatic hydroxyl groups excluding tert-OH is 3. The molecule has 0 aromatic rings. The van der Waals surface area contributed by atoms with Gasteiger partial charge in [0.25, 0.3) is 0 Å². The fourth-order valence-corrected chi connectivity index (χ4v) is 4.24. The van der Waals surface area contributed by atoms with Crippen molar-refractivity contribution < 1.29 is 24.8 Å². The van der Waals surface area contributed by atoms with E-state index >= 15 is 0 Å². The molecule has 0 bridgehead atoms. The minimum absolute atomic E-state index is 0.140. The summed E-state index contributed by atoms with van der Waals surface area (Å²) in [6.45, 7) is 5.01. The number of hydrogen-bond acceptors (Lipinski definition) is 5. The molecule has 0 amide bonds.